The highest BCUT2D eigenvalue weighted by Gasteiger charge is 2.27. The third-order valence-electron chi connectivity index (χ3n) is 9.51. The Kier molecular flexibility index (Phi) is 13.9. The molecule has 0 radical (unpaired) electrons. The van der Waals surface area contributed by atoms with Gasteiger partial charge in [0.05, 0.1) is 0 Å². The van der Waals surface area contributed by atoms with Crippen molar-refractivity contribution in [2.24, 2.45) is 23.7 Å². The van der Waals surface area contributed by atoms with Crippen molar-refractivity contribution in [1.82, 2.24) is 10.2 Å². The number of nitrogens with zero attached hydrogens (tertiary/aromatic N) is 1. The number of nitrogens with one attached hydrogen (secondary N) is 2. The van der Waals surface area contributed by atoms with Crippen molar-refractivity contribution >= 4 is 5.69 Å². The lowest BCUT2D eigenvalue weighted by Gasteiger charge is -2.38. The summed E-state index contributed by atoms with van der Waals surface area (Å²) in [6.45, 7) is 21.2. The van der Waals surface area contributed by atoms with Crippen LogP contribution >= 0.6 is 0 Å². The Hall–Kier alpha value is -2.36. The smallest absolute Gasteiger partial charge is 0.0372 e. The van der Waals surface area contributed by atoms with E-state index in [0.717, 1.165) is 49.3 Å². The quantitative estimate of drug-likeness (QED) is 0.384. The predicted molar refractivity (Wildman–Crippen MR) is 185 cm³/mol. The van der Waals surface area contributed by atoms with Gasteiger partial charge in [-0.05, 0) is 91.2 Å². The van der Waals surface area contributed by atoms with Crippen LogP contribution in [0.4, 0.5) is 5.69 Å². The summed E-state index contributed by atoms with van der Waals surface area (Å²) in [7, 11) is 2.26. The number of para-hydroxylation sites is 1. The molecule has 3 atom stereocenters. The van der Waals surface area contributed by atoms with Gasteiger partial charge in [-0.3, -0.25) is 4.90 Å². The predicted octanol–water partition coefficient (Wildman–Crippen LogP) is 9.30. The van der Waals surface area contributed by atoms with Gasteiger partial charge in [-0.15, -0.1) is 0 Å². The minimum Gasteiger partial charge on any atom is -0.385 e. The topological polar surface area (TPSA) is 27.3 Å². The van der Waals surface area contributed by atoms with Crippen LogP contribution < -0.4 is 10.6 Å². The van der Waals surface area contributed by atoms with Gasteiger partial charge in [0.1, 0.15) is 0 Å². The fourth-order valence-electron chi connectivity index (χ4n) is 6.59. The molecule has 0 spiro atoms. The number of likely N-dealkylation sites (N-methyl/N-ethyl adjacent to an activating group) is 1. The zero-order chi connectivity index (χ0) is 30.6. The van der Waals surface area contributed by atoms with Crippen LogP contribution in [0.2, 0.25) is 0 Å². The molecule has 1 aliphatic carbocycles. The molecule has 0 saturated carbocycles. The van der Waals surface area contributed by atoms with Crippen LogP contribution in [-0.2, 0) is 19.4 Å². The van der Waals surface area contributed by atoms with Crippen LogP contribution in [0.25, 0.3) is 0 Å². The maximum absolute atomic E-state index is 3.57. The van der Waals surface area contributed by atoms with Crippen molar-refractivity contribution in [1.29, 1.82) is 0 Å². The highest BCUT2D eigenvalue weighted by atomic mass is 15.1. The number of allylic oxidation sites excluding steroid dienone is 1. The number of rotatable bonds is 3. The average Bonchev–Trinajstić information content (AvgIpc) is 3.01. The summed E-state index contributed by atoms with van der Waals surface area (Å²) in [5, 5.41) is 7.07. The largest absolute Gasteiger partial charge is 0.385 e. The summed E-state index contributed by atoms with van der Waals surface area (Å²) in [5.41, 5.74) is 9.13. The monoisotopic (exact) mass is 571 g/mol. The van der Waals surface area contributed by atoms with Crippen LogP contribution in [0.15, 0.2) is 71.8 Å². The zero-order valence-corrected chi connectivity index (χ0v) is 28.3. The van der Waals surface area contributed by atoms with Gasteiger partial charge in [0.15, 0.2) is 0 Å². The van der Waals surface area contributed by atoms with Crippen LogP contribution in [-0.4, -0.2) is 37.1 Å². The number of hydrogen-bond donors (Lipinski definition) is 2. The number of benzene rings is 2. The summed E-state index contributed by atoms with van der Waals surface area (Å²) in [6, 6.07) is 18.8. The normalized spacial score (nSPS) is 22.8. The first kappa shape index (κ1) is 34.1. The molecule has 3 heteroatoms. The molecule has 2 N–H and O–H groups in total. The SMILES string of the molecule is CC.CC(C)C1CC2=C(C=CCC2)CN1C.CC(C)C1CNc2ccccc2C1.CC(C)C1Cc2ccccc2CN1. The molecule has 0 aromatic heterocycles. The first-order valence-corrected chi connectivity index (χ1v) is 16.9. The second-order valence-corrected chi connectivity index (χ2v) is 13.5. The third kappa shape index (κ3) is 9.58. The molecule has 3 unspecified atom stereocenters. The van der Waals surface area contributed by atoms with E-state index in [1.165, 1.54) is 54.5 Å². The summed E-state index contributed by atoms with van der Waals surface area (Å²) in [6.07, 6.45) is 11.0. The second kappa shape index (κ2) is 17.1. The minimum absolute atomic E-state index is 0.662. The van der Waals surface area contributed by atoms with Gasteiger partial charge < -0.3 is 10.6 Å². The van der Waals surface area contributed by atoms with E-state index in [-0.39, 0.29) is 0 Å². The summed E-state index contributed by atoms with van der Waals surface area (Å²) >= 11 is 0. The van der Waals surface area contributed by atoms with E-state index < -0.39 is 0 Å². The summed E-state index contributed by atoms with van der Waals surface area (Å²) < 4.78 is 0. The molecule has 3 nitrogen and oxygen atoms in total. The van der Waals surface area contributed by atoms with Gasteiger partial charge in [0.25, 0.3) is 0 Å². The molecule has 0 fully saturated rings. The molecule has 42 heavy (non-hydrogen) atoms. The Bertz CT molecular complexity index is 1080. The second-order valence-electron chi connectivity index (χ2n) is 13.5. The van der Waals surface area contributed by atoms with Crippen molar-refractivity contribution in [2.45, 2.75) is 106 Å². The van der Waals surface area contributed by atoms with Gasteiger partial charge in [0.2, 0.25) is 0 Å². The van der Waals surface area contributed by atoms with E-state index >= 15 is 0 Å². The lowest BCUT2D eigenvalue weighted by atomic mass is 9.84. The standard InChI is InChI=1S/C13H21N.2C12H17N.C2H6/c1-10(2)13-8-11-6-4-5-7-12(11)9-14(13)3;1-9(2)11-7-10-5-3-4-6-12(10)13-8-11;1-9(2)12-7-10-5-3-4-6-11(10)8-13-12;1-2/h5,7,10,13H,4,6,8-9H2,1-3H3;3-6,9,11,13H,7-8H2,1-2H3;3-6,9,12-13H,7-8H2,1-2H3;1-2H3. The van der Waals surface area contributed by atoms with Crippen molar-refractivity contribution < 1.29 is 0 Å². The summed E-state index contributed by atoms with van der Waals surface area (Å²) in [4.78, 5) is 2.51. The van der Waals surface area contributed by atoms with Gasteiger partial charge in [0, 0.05) is 37.4 Å². The van der Waals surface area contributed by atoms with E-state index in [1.54, 1.807) is 11.1 Å². The zero-order valence-electron chi connectivity index (χ0n) is 28.3. The van der Waals surface area contributed by atoms with E-state index in [2.05, 4.69) is 125 Å². The molecule has 232 valence electrons. The first-order chi connectivity index (χ1) is 20.2. The Balaban J connectivity index is 0.000000168. The average molecular weight is 572 g/mol. The highest BCUT2D eigenvalue weighted by molar-refractivity contribution is 5.53. The Labute approximate surface area is 259 Å². The van der Waals surface area contributed by atoms with Crippen LogP contribution in [0.5, 0.6) is 0 Å². The molecule has 0 bridgehead atoms. The Morgan fingerprint density at radius 3 is 2.10 bits per heavy atom. The maximum atomic E-state index is 3.57. The van der Waals surface area contributed by atoms with Crippen molar-refractivity contribution in [3.63, 3.8) is 0 Å². The third-order valence-corrected chi connectivity index (χ3v) is 9.51. The van der Waals surface area contributed by atoms with Gasteiger partial charge in [-0.2, -0.15) is 0 Å². The maximum Gasteiger partial charge on any atom is 0.0372 e. The first-order valence-electron chi connectivity index (χ1n) is 16.9. The van der Waals surface area contributed by atoms with Crippen LogP contribution in [0, 0.1) is 23.7 Å². The molecular weight excluding hydrogens is 510 g/mol. The van der Waals surface area contributed by atoms with Crippen molar-refractivity contribution in [3.8, 4) is 0 Å². The van der Waals surface area contributed by atoms with Crippen LogP contribution in [0.3, 0.4) is 0 Å². The molecule has 3 aliphatic heterocycles. The molecule has 4 aliphatic rings. The summed E-state index contributed by atoms with van der Waals surface area (Å²) in [5.74, 6) is 3.09. The molecular formula is C39H61N3. The van der Waals surface area contributed by atoms with Crippen molar-refractivity contribution in [3.05, 3.63) is 88.5 Å². The lowest BCUT2D eigenvalue weighted by molar-refractivity contribution is 0.191. The van der Waals surface area contributed by atoms with Gasteiger partial charge in [-0.1, -0.05) is 116 Å². The van der Waals surface area contributed by atoms with Crippen LogP contribution in [0.1, 0.15) is 91.3 Å². The fraction of sp³-hybridized carbons (Fsp3) is 0.590. The highest BCUT2D eigenvalue weighted by Crippen LogP contribution is 2.32. The minimum atomic E-state index is 0.662. The molecule has 2 aromatic rings. The van der Waals surface area contributed by atoms with Gasteiger partial charge in [-0.25, -0.2) is 0 Å². The lowest BCUT2D eigenvalue weighted by Crippen LogP contribution is -2.41. The van der Waals surface area contributed by atoms with Crippen molar-refractivity contribution in [2.75, 3.05) is 25.5 Å². The molecule has 0 amide bonds. The molecule has 3 heterocycles. The van der Waals surface area contributed by atoms with E-state index in [1.807, 2.05) is 13.8 Å². The number of anilines is 1. The molecule has 6 rings (SSSR count). The van der Waals surface area contributed by atoms with E-state index in [4.69, 9.17) is 0 Å². The number of hydrogen-bond acceptors (Lipinski definition) is 3. The fourth-order valence-corrected chi connectivity index (χ4v) is 6.59. The Morgan fingerprint density at radius 2 is 1.43 bits per heavy atom. The molecule has 2 aromatic carbocycles. The molecule has 0 saturated heterocycles. The van der Waals surface area contributed by atoms with E-state index in [9.17, 15) is 0 Å². The number of fused-ring (bicyclic) bond motifs is 2. The van der Waals surface area contributed by atoms with E-state index in [0.29, 0.717) is 6.04 Å². The Morgan fingerprint density at radius 1 is 0.762 bits per heavy atom. The van der Waals surface area contributed by atoms with Gasteiger partial charge >= 0.3 is 0 Å².